The molecule has 1 fully saturated rings. The molecule has 6 heteroatoms. The summed E-state index contributed by atoms with van der Waals surface area (Å²) in [5, 5.41) is 3.43. The third-order valence-corrected chi connectivity index (χ3v) is 4.75. The van der Waals surface area contributed by atoms with Crippen LogP contribution in [0.5, 0.6) is 5.75 Å². The van der Waals surface area contributed by atoms with Crippen LogP contribution in [-0.2, 0) is 9.47 Å². The molecule has 1 saturated carbocycles. The van der Waals surface area contributed by atoms with E-state index >= 15 is 0 Å². The van der Waals surface area contributed by atoms with Gasteiger partial charge >= 0.3 is 0 Å². The number of halogens is 2. The maximum absolute atomic E-state index is 6.13. The van der Waals surface area contributed by atoms with E-state index in [-0.39, 0.29) is 12.2 Å². The van der Waals surface area contributed by atoms with Crippen LogP contribution in [0.3, 0.4) is 0 Å². The summed E-state index contributed by atoms with van der Waals surface area (Å²) in [6.45, 7) is 4.21. The Morgan fingerprint density at radius 2 is 1.95 bits per heavy atom. The minimum atomic E-state index is 0.0547. The second-order valence-electron chi connectivity index (χ2n) is 4.94. The molecule has 0 radical (unpaired) electrons. The van der Waals surface area contributed by atoms with Gasteiger partial charge in [0, 0.05) is 19.6 Å². The zero-order valence-electron chi connectivity index (χ0n) is 12.3. The molecule has 21 heavy (non-hydrogen) atoms. The summed E-state index contributed by atoms with van der Waals surface area (Å²) in [4.78, 5) is 0. The van der Waals surface area contributed by atoms with Gasteiger partial charge in [-0.2, -0.15) is 0 Å². The number of benzene rings is 1. The number of likely N-dealkylation sites (N-methyl/N-ethyl adjacent to an activating group) is 1. The lowest BCUT2D eigenvalue weighted by molar-refractivity contribution is -0.115. The van der Waals surface area contributed by atoms with Crippen molar-refractivity contribution in [2.45, 2.75) is 31.6 Å². The topological polar surface area (TPSA) is 39.7 Å². The Labute approximate surface area is 142 Å². The fourth-order valence-electron chi connectivity index (χ4n) is 2.40. The maximum Gasteiger partial charge on any atom is 0.148 e. The highest BCUT2D eigenvalue weighted by Gasteiger charge is 2.43. The molecule has 118 valence electrons. The van der Waals surface area contributed by atoms with Gasteiger partial charge in [0.1, 0.15) is 18.0 Å². The van der Waals surface area contributed by atoms with Gasteiger partial charge in [-0.3, -0.25) is 0 Å². The highest BCUT2D eigenvalue weighted by Crippen LogP contribution is 2.37. The van der Waals surface area contributed by atoms with Gasteiger partial charge in [-0.25, -0.2) is 0 Å². The van der Waals surface area contributed by atoms with Crippen molar-refractivity contribution in [2.75, 3.05) is 26.9 Å². The quantitative estimate of drug-likeness (QED) is 0.652. The zero-order chi connectivity index (χ0) is 15.2. The first-order chi connectivity index (χ1) is 10.2. The van der Waals surface area contributed by atoms with Gasteiger partial charge in [-0.05, 0) is 50.5 Å². The average Bonchev–Trinajstić information content (AvgIpc) is 2.45. The number of hydrogen-bond donors (Lipinski definition) is 1. The molecule has 1 aliphatic carbocycles. The van der Waals surface area contributed by atoms with E-state index in [0.29, 0.717) is 19.3 Å². The van der Waals surface area contributed by atoms with Crippen LogP contribution in [0.4, 0.5) is 0 Å². The second-order valence-corrected chi connectivity index (χ2v) is 6.64. The minimum Gasteiger partial charge on any atom is -0.485 e. The SMILES string of the molecule is CCNC1CC(Oc2c(Br)cccc2Br)C1OCCOC. The van der Waals surface area contributed by atoms with Gasteiger partial charge in [0.2, 0.25) is 0 Å². The van der Waals surface area contributed by atoms with Crippen molar-refractivity contribution < 1.29 is 14.2 Å². The molecular weight excluding hydrogens is 402 g/mol. The first-order valence-corrected chi connectivity index (χ1v) is 8.70. The molecule has 1 aromatic carbocycles. The maximum atomic E-state index is 6.13. The van der Waals surface area contributed by atoms with Crippen LogP contribution in [0.25, 0.3) is 0 Å². The molecule has 4 nitrogen and oxygen atoms in total. The average molecular weight is 423 g/mol. The standard InChI is InChI=1S/C15H21Br2NO3/c1-3-18-12-9-13(15(12)20-8-7-19-2)21-14-10(16)5-4-6-11(14)17/h4-6,12-13,15,18H,3,7-9H2,1-2H3. The second kappa shape index (κ2) is 8.48. The number of para-hydroxylation sites is 1. The van der Waals surface area contributed by atoms with Crippen molar-refractivity contribution in [3.05, 3.63) is 27.1 Å². The van der Waals surface area contributed by atoms with Crippen molar-refractivity contribution in [3.8, 4) is 5.75 Å². The highest BCUT2D eigenvalue weighted by atomic mass is 79.9. The van der Waals surface area contributed by atoms with Crippen LogP contribution >= 0.6 is 31.9 Å². The van der Waals surface area contributed by atoms with Crippen molar-refractivity contribution in [3.63, 3.8) is 0 Å². The Morgan fingerprint density at radius 1 is 1.24 bits per heavy atom. The van der Waals surface area contributed by atoms with Crippen LogP contribution in [0.2, 0.25) is 0 Å². The number of rotatable bonds is 8. The van der Waals surface area contributed by atoms with Gasteiger partial charge < -0.3 is 19.5 Å². The first-order valence-electron chi connectivity index (χ1n) is 7.12. The van der Waals surface area contributed by atoms with E-state index in [1.807, 2.05) is 18.2 Å². The third kappa shape index (κ3) is 4.42. The van der Waals surface area contributed by atoms with E-state index in [2.05, 4.69) is 44.1 Å². The lowest BCUT2D eigenvalue weighted by atomic mass is 9.85. The molecule has 0 aliphatic heterocycles. The lowest BCUT2D eigenvalue weighted by Gasteiger charge is -2.44. The van der Waals surface area contributed by atoms with E-state index in [1.54, 1.807) is 7.11 Å². The summed E-state index contributed by atoms with van der Waals surface area (Å²) in [5.74, 6) is 0.831. The smallest absolute Gasteiger partial charge is 0.148 e. The van der Waals surface area contributed by atoms with Crippen molar-refractivity contribution >= 4 is 31.9 Å². The number of methoxy groups -OCH3 is 1. The molecule has 3 unspecified atom stereocenters. The molecule has 1 aliphatic rings. The fraction of sp³-hybridized carbons (Fsp3) is 0.600. The lowest BCUT2D eigenvalue weighted by Crippen LogP contribution is -2.61. The van der Waals surface area contributed by atoms with Gasteiger partial charge in [-0.1, -0.05) is 13.0 Å². The Morgan fingerprint density at radius 3 is 2.57 bits per heavy atom. The van der Waals surface area contributed by atoms with Crippen LogP contribution in [0.15, 0.2) is 27.1 Å². The normalized spacial score (nSPS) is 24.7. The Kier molecular flexibility index (Phi) is 6.95. The molecule has 0 bridgehead atoms. The molecule has 0 spiro atoms. The summed E-state index contributed by atoms with van der Waals surface area (Å²) in [5.41, 5.74) is 0. The summed E-state index contributed by atoms with van der Waals surface area (Å²) < 4.78 is 19.0. The largest absolute Gasteiger partial charge is 0.485 e. The van der Waals surface area contributed by atoms with Crippen LogP contribution < -0.4 is 10.1 Å². The highest BCUT2D eigenvalue weighted by molar-refractivity contribution is 9.11. The van der Waals surface area contributed by atoms with Crippen LogP contribution in [-0.4, -0.2) is 45.1 Å². The van der Waals surface area contributed by atoms with E-state index in [4.69, 9.17) is 14.2 Å². The summed E-state index contributed by atoms with van der Waals surface area (Å²) in [6, 6.07) is 6.26. The molecule has 1 aromatic rings. The minimum absolute atomic E-state index is 0.0547. The summed E-state index contributed by atoms with van der Waals surface area (Å²) >= 11 is 7.05. The molecule has 0 amide bonds. The van der Waals surface area contributed by atoms with Crippen molar-refractivity contribution in [2.24, 2.45) is 0 Å². The van der Waals surface area contributed by atoms with E-state index in [1.165, 1.54) is 0 Å². The summed E-state index contributed by atoms with van der Waals surface area (Å²) in [7, 11) is 1.68. The fourth-order valence-corrected chi connectivity index (χ4v) is 3.58. The van der Waals surface area contributed by atoms with Gasteiger partial charge in [0.25, 0.3) is 0 Å². The molecule has 3 atom stereocenters. The molecule has 0 saturated heterocycles. The van der Waals surface area contributed by atoms with Crippen molar-refractivity contribution in [1.82, 2.24) is 5.32 Å². The van der Waals surface area contributed by atoms with Crippen LogP contribution in [0, 0.1) is 0 Å². The Balaban J connectivity index is 1.98. The molecule has 1 N–H and O–H groups in total. The van der Waals surface area contributed by atoms with Crippen molar-refractivity contribution in [1.29, 1.82) is 0 Å². The van der Waals surface area contributed by atoms with E-state index < -0.39 is 0 Å². The van der Waals surface area contributed by atoms with E-state index in [9.17, 15) is 0 Å². The van der Waals surface area contributed by atoms with Gasteiger partial charge in [-0.15, -0.1) is 0 Å². The molecule has 0 aromatic heterocycles. The Hall–Kier alpha value is -0.140. The predicted octanol–water partition coefficient (Wildman–Crippen LogP) is 3.37. The molecular formula is C15H21Br2NO3. The van der Waals surface area contributed by atoms with E-state index in [0.717, 1.165) is 27.7 Å². The zero-order valence-corrected chi connectivity index (χ0v) is 15.4. The molecule has 0 heterocycles. The van der Waals surface area contributed by atoms with Gasteiger partial charge in [0.05, 0.1) is 22.2 Å². The summed E-state index contributed by atoms with van der Waals surface area (Å²) in [6.07, 6.45) is 1.05. The number of ether oxygens (including phenoxy) is 3. The number of nitrogens with one attached hydrogen (secondary N) is 1. The molecule has 2 rings (SSSR count). The number of hydrogen-bond acceptors (Lipinski definition) is 4. The third-order valence-electron chi connectivity index (χ3n) is 3.50. The van der Waals surface area contributed by atoms with Crippen LogP contribution in [0.1, 0.15) is 13.3 Å². The predicted molar refractivity (Wildman–Crippen MR) is 90.0 cm³/mol. The van der Waals surface area contributed by atoms with Gasteiger partial charge in [0.15, 0.2) is 0 Å². The Bertz CT molecular complexity index is 438. The monoisotopic (exact) mass is 421 g/mol. The first kappa shape index (κ1) is 17.2.